The number of ether oxygens (including phenoxy) is 1. The Hall–Kier alpha value is -1.97. The van der Waals surface area contributed by atoms with Gasteiger partial charge in [0, 0.05) is 25.0 Å². The molecular formula is C18H22N2O5S2. The van der Waals surface area contributed by atoms with Crippen molar-refractivity contribution >= 4 is 19.7 Å². The van der Waals surface area contributed by atoms with E-state index in [4.69, 9.17) is 4.74 Å². The Morgan fingerprint density at radius 2 is 2.04 bits per heavy atom. The highest BCUT2D eigenvalue weighted by atomic mass is 32.2. The first kappa shape index (κ1) is 19.8. The van der Waals surface area contributed by atoms with E-state index in [2.05, 4.69) is 10.3 Å². The van der Waals surface area contributed by atoms with E-state index < -0.39 is 36.7 Å². The van der Waals surface area contributed by atoms with Gasteiger partial charge in [-0.05, 0) is 36.2 Å². The predicted molar refractivity (Wildman–Crippen MR) is 102 cm³/mol. The SMILES string of the molecule is COc1ccc(C)cc1S(=O)(=O)[C@H]1CS(=O)(=O)C[C@@H]1NCc1cccnc1. The van der Waals surface area contributed by atoms with Gasteiger partial charge in [-0.15, -0.1) is 0 Å². The molecule has 9 heteroatoms. The molecule has 2 aromatic rings. The molecule has 0 bridgehead atoms. The van der Waals surface area contributed by atoms with Crippen LogP contribution in [0.2, 0.25) is 0 Å². The van der Waals surface area contributed by atoms with Gasteiger partial charge in [0.15, 0.2) is 19.7 Å². The van der Waals surface area contributed by atoms with Crippen molar-refractivity contribution in [1.29, 1.82) is 0 Å². The van der Waals surface area contributed by atoms with Crippen LogP contribution in [0, 0.1) is 6.92 Å². The lowest BCUT2D eigenvalue weighted by atomic mass is 10.2. The smallest absolute Gasteiger partial charge is 0.187 e. The third-order valence-corrected chi connectivity index (χ3v) is 8.79. The molecule has 1 saturated heterocycles. The first-order valence-corrected chi connectivity index (χ1v) is 11.8. The van der Waals surface area contributed by atoms with Gasteiger partial charge in [-0.1, -0.05) is 12.1 Å². The lowest BCUT2D eigenvalue weighted by Gasteiger charge is -2.21. The topological polar surface area (TPSA) is 102 Å². The molecule has 3 rings (SSSR count). The minimum absolute atomic E-state index is 0.0280. The number of nitrogens with zero attached hydrogens (tertiary/aromatic N) is 1. The van der Waals surface area contributed by atoms with Crippen molar-refractivity contribution in [2.24, 2.45) is 0 Å². The van der Waals surface area contributed by atoms with Crippen LogP contribution in [0.25, 0.3) is 0 Å². The molecule has 0 unspecified atom stereocenters. The van der Waals surface area contributed by atoms with Crippen LogP contribution in [0.4, 0.5) is 0 Å². The molecule has 2 heterocycles. The lowest BCUT2D eigenvalue weighted by molar-refractivity contribution is 0.402. The average molecular weight is 411 g/mol. The van der Waals surface area contributed by atoms with Gasteiger partial charge in [-0.3, -0.25) is 4.98 Å². The van der Waals surface area contributed by atoms with Gasteiger partial charge in [0.2, 0.25) is 0 Å². The summed E-state index contributed by atoms with van der Waals surface area (Å²) in [6.07, 6.45) is 3.30. The molecule has 1 aromatic carbocycles. The standard InChI is InChI=1S/C18H22N2O5S2/c1-13-5-6-16(25-2)17(8-13)27(23,24)18-12-26(21,22)11-15(18)20-10-14-4-3-7-19-9-14/h3-9,15,18,20H,10-12H2,1-2H3/t15-,18-/m0/s1. The van der Waals surface area contributed by atoms with Crippen molar-refractivity contribution in [3.05, 3.63) is 53.9 Å². The van der Waals surface area contributed by atoms with Gasteiger partial charge in [0.05, 0.1) is 23.9 Å². The number of sulfone groups is 2. The molecule has 1 fully saturated rings. The Labute approximate surface area is 159 Å². The summed E-state index contributed by atoms with van der Waals surface area (Å²) in [6.45, 7) is 2.12. The number of methoxy groups -OCH3 is 1. The van der Waals surface area contributed by atoms with Crippen molar-refractivity contribution in [3.8, 4) is 5.75 Å². The van der Waals surface area contributed by atoms with Gasteiger partial charge in [0.25, 0.3) is 0 Å². The minimum Gasteiger partial charge on any atom is -0.495 e. The lowest BCUT2D eigenvalue weighted by Crippen LogP contribution is -2.43. The number of hydrogen-bond donors (Lipinski definition) is 1. The second-order valence-electron chi connectivity index (χ2n) is 6.66. The monoisotopic (exact) mass is 410 g/mol. The summed E-state index contributed by atoms with van der Waals surface area (Å²) in [4.78, 5) is 4.04. The van der Waals surface area contributed by atoms with Crippen LogP contribution in [0.15, 0.2) is 47.6 Å². The van der Waals surface area contributed by atoms with E-state index in [0.717, 1.165) is 11.1 Å². The van der Waals surface area contributed by atoms with Gasteiger partial charge in [0.1, 0.15) is 10.6 Å². The number of aromatic nitrogens is 1. The van der Waals surface area contributed by atoms with Gasteiger partial charge in [-0.25, -0.2) is 16.8 Å². The Kier molecular flexibility index (Phi) is 5.55. The Morgan fingerprint density at radius 1 is 1.26 bits per heavy atom. The molecule has 0 amide bonds. The highest BCUT2D eigenvalue weighted by Crippen LogP contribution is 2.32. The normalized spacial score (nSPS) is 21.9. The molecule has 146 valence electrons. The quantitative estimate of drug-likeness (QED) is 0.761. The zero-order valence-corrected chi connectivity index (χ0v) is 16.8. The zero-order chi connectivity index (χ0) is 19.7. The molecule has 1 N–H and O–H groups in total. The molecule has 7 nitrogen and oxygen atoms in total. The van der Waals surface area contributed by atoms with Crippen molar-refractivity contribution < 1.29 is 21.6 Å². The summed E-state index contributed by atoms with van der Waals surface area (Å²) < 4.78 is 56.2. The fourth-order valence-electron chi connectivity index (χ4n) is 3.23. The first-order valence-electron chi connectivity index (χ1n) is 8.44. The van der Waals surface area contributed by atoms with E-state index in [1.165, 1.54) is 13.2 Å². The van der Waals surface area contributed by atoms with Crippen molar-refractivity contribution in [2.75, 3.05) is 18.6 Å². The summed E-state index contributed by atoms with van der Waals surface area (Å²) in [5.74, 6) is -0.404. The van der Waals surface area contributed by atoms with E-state index in [-0.39, 0.29) is 16.4 Å². The fraction of sp³-hybridized carbons (Fsp3) is 0.389. The Bertz CT molecular complexity index is 1020. The second-order valence-corrected chi connectivity index (χ2v) is 11.0. The Balaban J connectivity index is 1.93. The third kappa shape index (κ3) is 4.31. The number of pyridine rings is 1. The van der Waals surface area contributed by atoms with E-state index in [1.807, 2.05) is 6.07 Å². The van der Waals surface area contributed by atoms with Crippen LogP contribution in [0.5, 0.6) is 5.75 Å². The minimum atomic E-state index is -3.91. The van der Waals surface area contributed by atoms with Crippen LogP contribution in [-0.4, -0.2) is 51.7 Å². The van der Waals surface area contributed by atoms with Gasteiger partial charge in [-0.2, -0.15) is 0 Å². The highest BCUT2D eigenvalue weighted by molar-refractivity contribution is 7.96. The molecule has 0 saturated carbocycles. The molecule has 1 aliphatic rings. The average Bonchev–Trinajstić information content (AvgIpc) is 2.96. The fourth-order valence-corrected chi connectivity index (χ4v) is 8.19. The summed E-state index contributed by atoms with van der Waals surface area (Å²) in [5, 5.41) is 2.02. The second kappa shape index (κ2) is 7.57. The highest BCUT2D eigenvalue weighted by Gasteiger charge is 2.46. The van der Waals surface area contributed by atoms with Gasteiger partial charge >= 0.3 is 0 Å². The van der Waals surface area contributed by atoms with Gasteiger partial charge < -0.3 is 10.1 Å². The van der Waals surface area contributed by atoms with Crippen LogP contribution < -0.4 is 10.1 Å². The van der Waals surface area contributed by atoms with Crippen molar-refractivity contribution in [1.82, 2.24) is 10.3 Å². The summed E-state index contributed by atoms with van der Waals surface area (Å²) >= 11 is 0. The third-order valence-electron chi connectivity index (χ3n) is 4.62. The van der Waals surface area contributed by atoms with Crippen LogP contribution in [-0.2, 0) is 26.2 Å². The van der Waals surface area contributed by atoms with E-state index in [9.17, 15) is 16.8 Å². The van der Waals surface area contributed by atoms with E-state index in [1.54, 1.807) is 37.5 Å². The number of rotatable bonds is 6. The van der Waals surface area contributed by atoms with Crippen LogP contribution in [0.3, 0.4) is 0 Å². The van der Waals surface area contributed by atoms with Crippen molar-refractivity contribution in [3.63, 3.8) is 0 Å². The first-order chi connectivity index (χ1) is 12.7. The largest absolute Gasteiger partial charge is 0.495 e. The summed E-state index contributed by atoms with van der Waals surface area (Å²) in [7, 11) is -5.98. The molecule has 1 aliphatic heterocycles. The molecule has 1 aromatic heterocycles. The summed E-state index contributed by atoms with van der Waals surface area (Å²) in [5.41, 5.74) is 1.61. The van der Waals surface area contributed by atoms with Crippen LogP contribution in [0.1, 0.15) is 11.1 Å². The maximum absolute atomic E-state index is 13.3. The van der Waals surface area contributed by atoms with Crippen LogP contribution >= 0.6 is 0 Å². The summed E-state index contributed by atoms with van der Waals surface area (Å²) in [6, 6.07) is 7.78. The molecule has 2 atom stereocenters. The maximum atomic E-state index is 13.3. The number of aryl methyl sites for hydroxylation is 1. The molecule has 0 aliphatic carbocycles. The number of nitrogens with one attached hydrogen (secondary N) is 1. The Morgan fingerprint density at radius 3 is 2.70 bits per heavy atom. The molecule has 27 heavy (non-hydrogen) atoms. The number of benzene rings is 1. The zero-order valence-electron chi connectivity index (χ0n) is 15.1. The molecular weight excluding hydrogens is 388 g/mol. The maximum Gasteiger partial charge on any atom is 0.187 e. The predicted octanol–water partition coefficient (Wildman–Crippen LogP) is 1.13. The molecule has 0 radical (unpaired) electrons. The van der Waals surface area contributed by atoms with Crippen molar-refractivity contribution in [2.45, 2.75) is 29.7 Å². The van der Waals surface area contributed by atoms with E-state index in [0.29, 0.717) is 6.54 Å². The number of hydrogen-bond acceptors (Lipinski definition) is 7. The van der Waals surface area contributed by atoms with E-state index >= 15 is 0 Å². The molecule has 0 spiro atoms.